The maximum atomic E-state index is 12.1. The minimum atomic E-state index is -1.82. The van der Waals surface area contributed by atoms with Crippen molar-refractivity contribution in [3.63, 3.8) is 0 Å². The summed E-state index contributed by atoms with van der Waals surface area (Å²) in [6.45, 7) is 16.3. The fourth-order valence-corrected chi connectivity index (χ4v) is 7.50. The lowest BCUT2D eigenvalue weighted by molar-refractivity contribution is -0.137. The number of hydrogen-bond acceptors (Lipinski definition) is 3. The average Bonchev–Trinajstić information content (AvgIpc) is 3.03. The Morgan fingerprint density at radius 3 is 2.62 bits per heavy atom. The summed E-state index contributed by atoms with van der Waals surface area (Å²) in [5, 5.41) is 0.207. The van der Waals surface area contributed by atoms with Gasteiger partial charge >= 0.3 is 5.97 Å². The minimum absolute atomic E-state index is 0.158. The number of aryl methyl sites for hydroxylation is 1. The Hall–Kier alpha value is -1.55. The summed E-state index contributed by atoms with van der Waals surface area (Å²) < 4.78 is 11.8. The lowest BCUT2D eigenvalue weighted by atomic mass is 9.55. The molecule has 0 spiro atoms. The average molecular weight is 455 g/mol. The molecule has 0 bridgehead atoms. The van der Waals surface area contributed by atoms with E-state index in [0.29, 0.717) is 18.4 Å². The van der Waals surface area contributed by atoms with E-state index in [1.54, 1.807) is 5.56 Å². The molecule has 0 aromatic heterocycles. The molecular weight excluding hydrogens is 412 g/mol. The molecule has 0 N–H and O–H groups in total. The van der Waals surface area contributed by atoms with Crippen LogP contribution in [0.4, 0.5) is 0 Å². The van der Waals surface area contributed by atoms with Gasteiger partial charge in [0.05, 0.1) is 6.61 Å². The summed E-state index contributed by atoms with van der Waals surface area (Å²) in [5.41, 5.74) is 4.57. The van der Waals surface area contributed by atoms with Crippen LogP contribution in [0.5, 0.6) is 5.75 Å². The van der Waals surface area contributed by atoms with Gasteiger partial charge in [-0.15, -0.1) is 0 Å². The Bertz CT molecular complexity index is 910. The summed E-state index contributed by atoms with van der Waals surface area (Å²) in [6, 6.07) is 6.96. The molecule has 3 aliphatic rings. The highest BCUT2D eigenvalue weighted by Gasteiger charge is 2.52. The minimum Gasteiger partial charge on any atom is -0.543 e. The molecule has 176 valence electrons. The van der Waals surface area contributed by atoms with Gasteiger partial charge in [0.25, 0.3) is 0 Å². The number of rotatable bonds is 4. The Balaban J connectivity index is 1.55. The molecule has 1 aromatic rings. The van der Waals surface area contributed by atoms with Gasteiger partial charge in [-0.05, 0) is 110 Å². The number of benzene rings is 1. The molecule has 32 heavy (non-hydrogen) atoms. The first-order valence-corrected chi connectivity index (χ1v) is 15.6. The van der Waals surface area contributed by atoms with Gasteiger partial charge in [-0.25, -0.2) is 4.79 Å². The van der Waals surface area contributed by atoms with Crippen molar-refractivity contribution in [3.05, 3.63) is 41.0 Å². The third-order valence-corrected chi connectivity index (χ3v) is 13.7. The van der Waals surface area contributed by atoms with Crippen molar-refractivity contribution in [2.75, 3.05) is 6.61 Å². The fraction of sp³-hybridized carbons (Fsp3) is 0.679. The Morgan fingerprint density at radius 1 is 1.19 bits per heavy atom. The zero-order valence-electron chi connectivity index (χ0n) is 21.2. The van der Waals surface area contributed by atoms with Gasteiger partial charge in [-0.1, -0.05) is 39.3 Å². The second kappa shape index (κ2) is 8.34. The number of hydrogen-bond donors (Lipinski definition) is 0. The molecule has 1 aromatic carbocycles. The van der Waals surface area contributed by atoms with Crippen LogP contribution >= 0.6 is 0 Å². The van der Waals surface area contributed by atoms with E-state index in [4.69, 9.17) is 9.16 Å². The molecule has 2 saturated carbocycles. The van der Waals surface area contributed by atoms with Crippen molar-refractivity contribution in [2.45, 2.75) is 97.2 Å². The second-order valence-corrected chi connectivity index (χ2v) is 16.8. The number of allylic oxidation sites excluding steroid dienone is 1. The van der Waals surface area contributed by atoms with Gasteiger partial charge in [-0.3, -0.25) is 0 Å². The normalized spacial score (nSPS) is 31.0. The summed E-state index contributed by atoms with van der Waals surface area (Å²) in [6.07, 6.45) is 8.88. The lowest BCUT2D eigenvalue weighted by Crippen LogP contribution is -2.44. The molecule has 2 fully saturated rings. The third kappa shape index (κ3) is 4.08. The molecule has 4 atom stereocenters. The molecule has 4 rings (SSSR count). The Labute approximate surface area is 196 Å². The summed E-state index contributed by atoms with van der Waals surface area (Å²) in [4.78, 5) is 12.1. The first-order chi connectivity index (χ1) is 15.0. The number of ether oxygens (including phenoxy) is 1. The molecule has 0 saturated heterocycles. The standard InChI is InChI=1S/C28H42O3Si/c1-8-30-26(29)18-20-10-14-25-24-12-9-19-17-21(31-32(6,7)27(2,3)4)11-13-22(19)23(24)15-16-28(20,25)5/h11,13,17-18,23-25H,8-10,12,14-16H2,1-7H3/t23-,24-,25+,28-/m1/s1. The largest absolute Gasteiger partial charge is 0.543 e. The summed E-state index contributed by atoms with van der Waals surface area (Å²) in [7, 11) is -1.82. The van der Waals surface area contributed by atoms with Crippen molar-refractivity contribution >= 4 is 14.3 Å². The van der Waals surface area contributed by atoms with Gasteiger partial charge in [0.2, 0.25) is 8.32 Å². The van der Waals surface area contributed by atoms with Crippen LogP contribution in [0.2, 0.25) is 18.1 Å². The number of esters is 1. The predicted octanol–water partition coefficient (Wildman–Crippen LogP) is 7.42. The van der Waals surface area contributed by atoms with E-state index in [9.17, 15) is 4.79 Å². The van der Waals surface area contributed by atoms with Crippen LogP contribution in [0.1, 0.15) is 83.8 Å². The van der Waals surface area contributed by atoms with Crippen molar-refractivity contribution in [3.8, 4) is 5.75 Å². The molecule has 3 nitrogen and oxygen atoms in total. The van der Waals surface area contributed by atoms with E-state index in [2.05, 4.69) is 59.0 Å². The smallest absolute Gasteiger partial charge is 0.330 e. The van der Waals surface area contributed by atoms with Crippen LogP contribution in [-0.2, 0) is 16.0 Å². The highest BCUT2D eigenvalue weighted by atomic mass is 28.4. The van der Waals surface area contributed by atoms with Crippen LogP contribution in [-0.4, -0.2) is 20.9 Å². The van der Waals surface area contributed by atoms with Crippen molar-refractivity contribution in [1.29, 1.82) is 0 Å². The Morgan fingerprint density at radius 2 is 1.94 bits per heavy atom. The molecular formula is C28H42O3Si. The molecule has 3 aliphatic carbocycles. The highest BCUT2D eigenvalue weighted by molar-refractivity contribution is 6.74. The predicted molar refractivity (Wildman–Crippen MR) is 134 cm³/mol. The fourth-order valence-electron chi connectivity index (χ4n) is 6.48. The van der Waals surface area contributed by atoms with Crippen molar-refractivity contribution in [1.82, 2.24) is 0 Å². The van der Waals surface area contributed by atoms with Crippen LogP contribution in [0.15, 0.2) is 29.8 Å². The SMILES string of the molecule is CCOC(=O)C=C1CC[C@H]2[C@@H]3CCc4cc(O[Si](C)(C)C(C)(C)C)ccc4[C@H]3CC[C@]12C. The quantitative estimate of drug-likeness (QED) is 0.270. The molecule has 4 heteroatoms. The van der Waals surface area contributed by atoms with Gasteiger partial charge in [0.15, 0.2) is 0 Å². The number of carbonyl (C=O) groups is 1. The van der Waals surface area contributed by atoms with Gasteiger partial charge in [0, 0.05) is 6.08 Å². The van der Waals surface area contributed by atoms with Gasteiger partial charge < -0.3 is 9.16 Å². The summed E-state index contributed by atoms with van der Waals surface area (Å²) in [5.74, 6) is 2.96. The number of carbonyl (C=O) groups excluding carboxylic acids is 1. The maximum Gasteiger partial charge on any atom is 0.330 e. The van der Waals surface area contributed by atoms with E-state index >= 15 is 0 Å². The zero-order chi connectivity index (χ0) is 23.3. The monoisotopic (exact) mass is 454 g/mol. The molecule has 0 unspecified atom stereocenters. The van der Waals surface area contributed by atoms with Crippen LogP contribution < -0.4 is 4.43 Å². The van der Waals surface area contributed by atoms with Gasteiger partial charge in [0.1, 0.15) is 5.75 Å². The highest BCUT2D eigenvalue weighted by Crippen LogP contribution is 2.62. The number of fused-ring (bicyclic) bond motifs is 5. The van der Waals surface area contributed by atoms with E-state index in [1.807, 2.05) is 13.0 Å². The Kier molecular flexibility index (Phi) is 6.15. The van der Waals surface area contributed by atoms with Crippen LogP contribution in [0.3, 0.4) is 0 Å². The van der Waals surface area contributed by atoms with E-state index in [-0.39, 0.29) is 16.4 Å². The first-order valence-electron chi connectivity index (χ1n) is 12.7. The van der Waals surface area contributed by atoms with Crippen molar-refractivity contribution < 1.29 is 14.0 Å². The van der Waals surface area contributed by atoms with Gasteiger partial charge in [-0.2, -0.15) is 0 Å². The van der Waals surface area contributed by atoms with E-state index in [1.165, 1.54) is 36.8 Å². The van der Waals surface area contributed by atoms with E-state index < -0.39 is 8.32 Å². The topological polar surface area (TPSA) is 35.5 Å². The van der Waals surface area contributed by atoms with Crippen molar-refractivity contribution in [2.24, 2.45) is 17.3 Å². The lowest BCUT2D eigenvalue weighted by Gasteiger charge is -2.49. The van der Waals surface area contributed by atoms with Crippen LogP contribution in [0.25, 0.3) is 0 Å². The van der Waals surface area contributed by atoms with Crippen LogP contribution in [0, 0.1) is 17.3 Å². The summed E-state index contributed by atoms with van der Waals surface area (Å²) >= 11 is 0. The van der Waals surface area contributed by atoms with E-state index in [0.717, 1.165) is 24.5 Å². The second-order valence-electron chi connectivity index (χ2n) is 12.1. The molecule has 0 heterocycles. The molecule has 0 aliphatic heterocycles. The molecule has 0 radical (unpaired) electrons. The first kappa shape index (κ1) is 23.6. The zero-order valence-corrected chi connectivity index (χ0v) is 22.2. The maximum absolute atomic E-state index is 12.1. The third-order valence-electron chi connectivity index (χ3n) is 9.30. The molecule has 0 amide bonds.